The zero-order valence-corrected chi connectivity index (χ0v) is 15.3. The Morgan fingerprint density at radius 2 is 1.81 bits per heavy atom. The predicted octanol–water partition coefficient (Wildman–Crippen LogP) is 2.36. The molecule has 0 saturated carbocycles. The molecular weight excluding hydrogens is 350 g/mol. The highest BCUT2D eigenvalue weighted by Gasteiger charge is 2.26. The molecule has 0 fully saturated rings. The van der Waals surface area contributed by atoms with Crippen LogP contribution in [0.3, 0.4) is 0 Å². The second-order valence-electron chi connectivity index (χ2n) is 6.28. The third-order valence-corrected chi connectivity index (χ3v) is 5.48. The summed E-state index contributed by atoms with van der Waals surface area (Å²) in [5.74, 6) is -0.175. The van der Waals surface area contributed by atoms with Gasteiger partial charge in [0.2, 0.25) is 5.91 Å². The first-order valence-corrected chi connectivity index (χ1v) is 9.89. The Bertz CT molecular complexity index is 911. The fraction of sp³-hybridized carbons (Fsp3) is 0.263. The molecule has 0 radical (unpaired) electrons. The molecule has 136 valence electrons. The number of carbonyl (C=O) groups is 1. The molecule has 0 bridgehead atoms. The van der Waals surface area contributed by atoms with Crippen LogP contribution in [0.2, 0.25) is 0 Å². The van der Waals surface area contributed by atoms with E-state index in [4.69, 9.17) is 0 Å². The van der Waals surface area contributed by atoms with Crippen molar-refractivity contribution in [2.75, 3.05) is 11.4 Å². The third-order valence-electron chi connectivity index (χ3n) is 4.21. The molecule has 1 unspecified atom stereocenters. The van der Waals surface area contributed by atoms with Gasteiger partial charge in [-0.3, -0.25) is 4.79 Å². The van der Waals surface area contributed by atoms with E-state index in [1.807, 2.05) is 25.1 Å². The first-order valence-electron chi connectivity index (χ1n) is 8.45. The van der Waals surface area contributed by atoms with Gasteiger partial charge in [0.05, 0.1) is 5.69 Å². The summed E-state index contributed by atoms with van der Waals surface area (Å²) in [5.41, 5.74) is 1.70. The molecule has 1 atom stereocenters. The minimum atomic E-state index is -3.68. The molecule has 2 aromatic rings. The topological polar surface area (TPSA) is 78.8 Å². The lowest BCUT2D eigenvalue weighted by Gasteiger charge is -2.25. The van der Waals surface area contributed by atoms with Crippen molar-refractivity contribution in [1.82, 2.24) is 5.32 Å². The highest BCUT2D eigenvalue weighted by Crippen LogP contribution is 2.28. The van der Waals surface area contributed by atoms with E-state index in [2.05, 4.69) is 21.8 Å². The van der Waals surface area contributed by atoms with E-state index >= 15 is 0 Å². The predicted molar refractivity (Wildman–Crippen MR) is 102 cm³/mol. The largest absolute Gasteiger partial charge is 0.352 e. The van der Waals surface area contributed by atoms with Crippen LogP contribution in [0.15, 0.2) is 63.9 Å². The van der Waals surface area contributed by atoms with Crippen LogP contribution in [-0.2, 0) is 21.2 Å². The van der Waals surface area contributed by atoms with Crippen molar-refractivity contribution < 1.29 is 13.2 Å². The fourth-order valence-electron chi connectivity index (χ4n) is 2.85. The summed E-state index contributed by atoms with van der Waals surface area (Å²) in [4.78, 5) is 14.0. The van der Waals surface area contributed by atoms with Crippen molar-refractivity contribution in [1.29, 1.82) is 0 Å². The highest BCUT2D eigenvalue weighted by atomic mass is 32.2. The lowest BCUT2D eigenvalue weighted by molar-refractivity contribution is -0.120. The Morgan fingerprint density at radius 1 is 1.12 bits per heavy atom. The van der Waals surface area contributed by atoms with Crippen molar-refractivity contribution in [2.45, 2.75) is 30.7 Å². The number of nitrogens with one attached hydrogen (secondary N) is 1. The molecule has 3 rings (SSSR count). The number of amides is 1. The van der Waals surface area contributed by atoms with Crippen molar-refractivity contribution >= 4 is 28.0 Å². The summed E-state index contributed by atoms with van der Waals surface area (Å²) in [6, 6.07) is 16.7. The molecule has 1 amide bonds. The van der Waals surface area contributed by atoms with Gasteiger partial charge in [-0.05, 0) is 37.5 Å². The Hall–Kier alpha value is -2.67. The zero-order chi connectivity index (χ0) is 18.6. The lowest BCUT2D eigenvalue weighted by atomic mass is 10.1. The molecule has 0 spiro atoms. The number of benzene rings is 2. The van der Waals surface area contributed by atoms with E-state index in [-0.39, 0.29) is 23.4 Å². The Balaban J connectivity index is 1.58. The molecule has 1 N–H and O–H groups in total. The normalized spacial score (nSPS) is 16.0. The Kier molecular flexibility index (Phi) is 5.37. The van der Waals surface area contributed by atoms with Gasteiger partial charge in [0.15, 0.2) is 0 Å². The first-order chi connectivity index (χ1) is 12.5. The van der Waals surface area contributed by atoms with Crippen LogP contribution in [-0.4, -0.2) is 33.3 Å². The Labute approximate surface area is 153 Å². The molecule has 6 nitrogen and oxygen atoms in total. The number of para-hydroxylation sites is 1. The molecular formula is C19H21N3O3S. The van der Waals surface area contributed by atoms with E-state index in [1.165, 1.54) is 18.0 Å². The number of aryl methyl sites for hydroxylation is 1. The summed E-state index contributed by atoms with van der Waals surface area (Å²) in [5, 5.41) is 2.96. The average Bonchev–Trinajstić information content (AvgIpc) is 2.63. The van der Waals surface area contributed by atoms with Crippen LogP contribution in [0, 0.1) is 0 Å². The summed E-state index contributed by atoms with van der Waals surface area (Å²) < 4.78 is 27.5. The quantitative estimate of drug-likeness (QED) is 0.845. The minimum Gasteiger partial charge on any atom is -0.352 e. The van der Waals surface area contributed by atoms with Crippen LogP contribution in [0.25, 0.3) is 0 Å². The summed E-state index contributed by atoms with van der Waals surface area (Å²) in [7, 11) is -3.68. The maximum absolute atomic E-state index is 12.3. The average molecular weight is 371 g/mol. The summed E-state index contributed by atoms with van der Waals surface area (Å²) in [6.07, 6.45) is 2.91. The maximum atomic E-state index is 12.3. The van der Waals surface area contributed by atoms with E-state index in [0.29, 0.717) is 5.69 Å². The number of nitrogens with zero attached hydrogens (tertiary/aromatic N) is 2. The second kappa shape index (κ2) is 7.70. The number of carbonyl (C=O) groups excluding carboxylic acids is 1. The van der Waals surface area contributed by atoms with Gasteiger partial charge in [0, 0.05) is 6.04 Å². The van der Waals surface area contributed by atoms with Crippen molar-refractivity contribution in [2.24, 2.45) is 4.40 Å². The molecule has 1 aliphatic heterocycles. The van der Waals surface area contributed by atoms with Crippen molar-refractivity contribution in [3.63, 3.8) is 0 Å². The van der Waals surface area contributed by atoms with Gasteiger partial charge in [-0.15, -0.1) is 4.40 Å². The number of hydrogen-bond acceptors (Lipinski definition) is 4. The molecule has 0 aliphatic carbocycles. The molecule has 1 aliphatic rings. The highest BCUT2D eigenvalue weighted by molar-refractivity contribution is 7.90. The van der Waals surface area contributed by atoms with Gasteiger partial charge in [-0.1, -0.05) is 42.5 Å². The number of hydrogen-bond donors (Lipinski definition) is 1. The van der Waals surface area contributed by atoms with Crippen LogP contribution >= 0.6 is 0 Å². The molecule has 0 aromatic heterocycles. The van der Waals surface area contributed by atoms with E-state index in [1.54, 1.807) is 23.1 Å². The number of anilines is 1. The summed E-state index contributed by atoms with van der Waals surface area (Å²) >= 11 is 0. The van der Waals surface area contributed by atoms with Gasteiger partial charge in [-0.25, -0.2) is 0 Å². The fourth-order valence-corrected chi connectivity index (χ4v) is 3.90. The lowest BCUT2D eigenvalue weighted by Crippen LogP contribution is -2.42. The third kappa shape index (κ3) is 4.29. The second-order valence-corrected chi connectivity index (χ2v) is 7.89. The van der Waals surface area contributed by atoms with E-state index in [9.17, 15) is 13.2 Å². The molecule has 26 heavy (non-hydrogen) atoms. The first kappa shape index (κ1) is 18.1. The van der Waals surface area contributed by atoms with Gasteiger partial charge in [-0.2, -0.15) is 8.42 Å². The monoisotopic (exact) mass is 371 g/mol. The summed E-state index contributed by atoms with van der Waals surface area (Å²) in [6.45, 7) is 1.98. The van der Waals surface area contributed by atoms with Gasteiger partial charge in [0.25, 0.3) is 10.0 Å². The Morgan fingerprint density at radius 3 is 2.58 bits per heavy atom. The zero-order valence-electron chi connectivity index (χ0n) is 14.5. The molecule has 2 aromatic carbocycles. The number of fused-ring (bicyclic) bond motifs is 1. The van der Waals surface area contributed by atoms with Gasteiger partial charge < -0.3 is 10.2 Å². The maximum Gasteiger partial charge on any atom is 0.285 e. The molecule has 1 heterocycles. The van der Waals surface area contributed by atoms with Gasteiger partial charge >= 0.3 is 0 Å². The van der Waals surface area contributed by atoms with Crippen molar-refractivity contribution in [3.05, 3.63) is 60.2 Å². The van der Waals surface area contributed by atoms with Crippen LogP contribution in [0.5, 0.6) is 0 Å². The van der Waals surface area contributed by atoms with Crippen LogP contribution < -0.4 is 10.2 Å². The van der Waals surface area contributed by atoms with E-state index in [0.717, 1.165) is 12.8 Å². The SMILES string of the molecule is CC(CCc1ccccc1)NC(=O)CN1C=NS(=O)(=O)c2ccccc21. The standard InChI is InChI=1S/C19H21N3O3S/c1-15(11-12-16-7-3-2-4-8-16)21-19(23)13-22-14-20-26(24,25)18-10-6-5-9-17(18)22/h2-10,14-15H,11-13H2,1H3,(H,21,23). The number of sulfonamides is 1. The molecule has 0 saturated heterocycles. The van der Waals surface area contributed by atoms with E-state index < -0.39 is 10.0 Å². The molecule has 7 heteroatoms. The smallest absolute Gasteiger partial charge is 0.285 e. The number of rotatable bonds is 6. The van der Waals surface area contributed by atoms with Crippen LogP contribution in [0.4, 0.5) is 5.69 Å². The van der Waals surface area contributed by atoms with Gasteiger partial charge in [0.1, 0.15) is 17.8 Å². The minimum absolute atomic E-state index is 0.0170. The van der Waals surface area contributed by atoms with Crippen LogP contribution in [0.1, 0.15) is 18.9 Å². The van der Waals surface area contributed by atoms with Crippen molar-refractivity contribution in [3.8, 4) is 0 Å².